The quantitative estimate of drug-likeness (QED) is 0.376. The van der Waals surface area contributed by atoms with E-state index in [1.807, 2.05) is 6.92 Å². The van der Waals surface area contributed by atoms with E-state index in [0.717, 1.165) is 16.4 Å². The van der Waals surface area contributed by atoms with Gasteiger partial charge in [-0.3, -0.25) is 9.52 Å². The van der Waals surface area contributed by atoms with Gasteiger partial charge in [0, 0.05) is 30.8 Å². The van der Waals surface area contributed by atoms with Gasteiger partial charge in [0.1, 0.15) is 17.7 Å². The molecule has 0 saturated heterocycles. The van der Waals surface area contributed by atoms with Gasteiger partial charge in [0.05, 0.1) is 35.4 Å². The summed E-state index contributed by atoms with van der Waals surface area (Å²) in [4.78, 5) is 14.9. The molecule has 10 nitrogen and oxygen atoms in total. The second-order valence-corrected chi connectivity index (χ2v) is 14.1. The van der Waals surface area contributed by atoms with Crippen LogP contribution in [0.3, 0.4) is 0 Å². The summed E-state index contributed by atoms with van der Waals surface area (Å²) in [6.07, 6.45) is -0.876. The van der Waals surface area contributed by atoms with Crippen LogP contribution >= 0.6 is 0 Å². The van der Waals surface area contributed by atoms with Gasteiger partial charge in [0.2, 0.25) is 15.9 Å². The summed E-state index contributed by atoms with van der Waals surface area (Å²) in [7, 11) is -6.51. The van der Waals surface area contributed by atoms with Crippen molar-refractivity contribution in [2.45, 2.75) is 42.2 Å². The minimum atomic E-state index is -4.00. The first-order valence-corrected chi connectivity index (χ1v) is 16.2. The summed E-state index contributed by atoms with van der Waals surface area (Å²) in [5, 5.41) is 9.85. The molecule has 42 heavy (non-hydrogen) atoms. The Morgan fingerprint density at radius 3 is 2.36 bits per heavy atom. The number of aliphatic hydroxyl groups is 1. The average molecular weight is 620 g/mol. The second-order valence-electron chi connectivity index (χ2n) is 10.4. The fraction of sp³-hybridized carbons (Fsp3) is 0.345. The number of fused-ring (bicyclic) bond motifs is 1. The molecule has 1 amide bonds. The highest BCUT2D eigenvalue weighted by atomic mass is 32.2. The summed E-state index contributed by atoms with van der Waals surface area (Å²) in [5.41, 5.74) is 0.613. The lowest BCUT2D eigenvalue weighted by Gasteiger charge is -2.33. The van der Waals surface area contributed by atoms with Crippen LogP contribution in [0.5, 0.6) is 5.75 Å². The van der Waals surface area contributed by atoms with Crippen molar-refractivity contribution in [2.75, 3.05) is 31.5 Å². The Balaban J connectivity index is 1.68. The van der Waals surface area contributed by atoms with Crippen LogP contribution in [0, 0.1) is 11.7 Å². The number of nitrogens with zero attached hydrogens (tertiary/aromatic N) is 2. The summed E-state index contributed by atoms with van der Waals surface area (Å²) in [6, 6.07) is 16.4. The minimum absolute atomic E-state index is 0.0723. The van der Waals surface area contributed by atoms with Crippen molar-refractivity contribution in [3.8, 4) is 5.75 Å². The molecule has 0 radical (unpaired) electrons. The molecule has 0 saturated carbocycles. The van der Waals surface area contributed by atoms with Crippen LogP contribution in [-0.2, 0) is 31.3 Å². The first kappa shape index (κ1) is 31.4. The average Bonchev–Trinajstić information content (AvgIpc) is 3.00. The molecule has 1 heterocycles. The molecule has 3 atom stereocenters. The lowest BCUT2D eigenvalue weighted by molar-refractivity contribution is -0.134. The molecule has 226 valence electrons. The van der Waals surface area contributed by atoms with Gasteiger partial charge < -0.3 is 14.7 Å². The number of ether oxygens (including phenoxy) is 1. The van der Waals surface area contributed by atoms with Crippen LogP contribution in [-0.4, -0.2) is 75.9 Å². The van der Waals surface area contributed by atoms with E-state index in [1.54, 1.807) is 31.2 Å². The molecule has 0 fully saturated rings. The Morgan fingerprint density at radius 1 is 1.05 bits per heavy atom. The van der Waals surface area contributed by atoms with Crippen molar-refractivity contribution in [1.29, 1.82) is 0 Å². The lowest BCUT2D eigenvalue weighted by Crippen LogP contribution is -2.48. The number of sulfonamides is 2. The lowest BCUT2D eigenvalue weighted by atomic mass is 10.0. The molecule has 4 rings (SSSR count). The van der Waals surface area contributed by atoms with Gasteiger partial charge in [0.15, 0.2) is 0 Å². The normalized spacial score (nSPS) is 18.8. The van der Waals surface area contributed by atoms with Gasteiger partial charge in [-0.15, -0.1) is 0 Å². The third kappa shape index (κ3) is 7.09. The first-order valence-electron chi connectivity index (χ1n) is 13.3. The van der Waals surface area contributed by atoms with Gasteiger partial charge in [-0.2, -0.15) is 4.31 Å². The van der Waals surface area contributed by atoms with E-state index in [1.165, 1.54) is 48.3 Å². The van der Waals surface area contributed by atoms with Gasteiger partial charge in [-0.1, -0.05) is 25.1 Å². The first-order chi connectivity index (χ1) is 19.8. The van der Waals surface area contributed by atoms with Gasteiger partial charge >= 0.3 is 0 Å². The van der Waals surface area contributed by atoms with E-state index >= 15 is 0 Å². The maximum atomic E-state index is 13.4. The summed E-state index contributed by atoms with van der Waals surface area (Å²) < 4.78 is 75.7. The number of amides is 1. The van der Waals surface area contributed by atoms with Crippen molar-refractivity contribution in [3.63, 3.8) is 0 Å². The number of aliphatic hydroxyl groups excluding tert-OH is 1. The third-order valence-electron chi connectivity index (χ3n) is 7.18. The van der Waals surface area contributed by atoms with Crippen LogP contribution in [0.1, 0.15) is 19.4 Å². The van der Waals surface area contributed by atoms with Gasteiger partial charge in [0.25, 0.3) is 10.0 Å². The molecule has 0 aliphatic carbocycles. The van der Waals surface area contributed by atoms with E-state index in [2.05, 4.69) is 4.72 Å². The van der Waals surface area contributed by atoms with Crippen molar-refractivity contribution < 1.29 is 35.9 Å². The molecular formula is C29H34FN3O7S2. The molecule has 2 N–H and O–H groups in total. The Hall–Kier alpha value is -3.52. The molecule has 1 aliphatic rings. The number of nitrogens with one attached hydrogen (secondary N) is 1. The smallest absolute Gasteiger partial charge is 0.261 e. The van der Waals surface area contributed by atoms with Gasteiger partial charge in [-0.05, 0) is 61.5 Å². The molecule has 0 aromatic heterocycles. The molecule has 1 aliphatic heterocycles. The van der Waals surface area contributed by atoms with Gasteiger partial charge in [-0.25, -0.2) is 21.2 Å². The number of halogens is 1. The van der Waals surface area contributed by atoms with Crippen molar-refractivity contribution in [1.82, 2.24) is 9.21 Å². The van der Waals surface area contributed by atoms with Crippen LogP contribution in [0.25, 0.3) is 0 Å². The number of carbonyl (C=O) groups excluding carboxylic acids is 1. The van der Waals surface area contributed by atoms with Crippen LogP contribution in [0.4, 0.5) is 10.1 Å². The minimum Gasteiger partial charge on any atom is -0.488 e. The van der Waals surface area contributed by atoms with Crippen LogP contribution in [0.15, 0.2) is 82.6 Å². The highest BCUT2D eigenvalue weighted by Crippen LogP contribution is 2.30. The topological polar surface area (TPSA) is 133 Å². The third-order valence-corrected chi connectivity index (χ3v) is 10.4. The summed E-state index contributed by atoms with van der Waals surface area (Å²) in [5.74, 6) is -0.941. The van der Waals surface area contributed by atoms with E-state index < -0.39 is 38.0 Å². The fourth-order valence-corrected chi connectivity index (χ4v) is 6.92. The van der Waals surface area contributed by atoms with Crippen molar-refractivity contribution in [3.05, 3.63) is 84.2 Å². The summed E-state index contributed by atoms with van der Waals surface area (Å²) >= 11 is 0. The molecule has 0 bridgehead atoms. The van der Waals surface area contributed by atoms with E-state index in [9.17, 15) is 31.1 Å². The zero-order valence-electron chi connectivity index (χ0n) is 23.5. The predicted molar refractivity (Wildman–Crippen MR) is 155 cm³/mol. The number of likely N-dealkylation sites (N-methyl/N-ethyl adjacent to an activating group) is 1. The number of rotatable bonds is 9. The SMILES string of the molecule is C[C@H]1CN([C@@H](C)CO)C(=O)Cc2cc(NS(=O)(=O)c3ccccc3)ccc2O[C@@H]1CN(C)S(=O)(=O)c1ccc(F)cc1. The molecule has 3 aromatic carbocycles. The number of hydrogen-bond acceptors (Lipinski definition) is 7. The molecule has 3 aromatic rings. The highest BCUT2D eigenvalue weighted by Gasteiger charge is 2.33. The zero-order chi connectivity index (χ0) is 30.7. The van der Waals surface area contributed by atoms with E-state index in [4.69, 9.17) is 4.74 Å². The largest absolute Gasteiger partial charge is 0.488 e. The Kier molecular flexibility index (Phi) is 9.56. The monoisotopic (exact) mass is 619 g/mol. The maximum Gasteiger partial charge on any atom is 0.261 e. The predicted octanol–water partition coefficient (Wildman–Crippen LogP) is 3.10. The number of benzene rings is 3. The number of carbonyl (C=O) groups is 1. The van der Waals surface area contributed by atoms with E-state index in [-0.39, 0.29) is 53.4 Å². The fourth-order valence-electron chi connectivity index (χ4n) is 4.66. The molecule has 0 spiro atoms. The van der Waals surface area contributed by atoms with E-state index in [0.29, 0.717) is 11.3 Å². The van der Waals surface area contributed by atoms with Crippen LogP contribution in [0.2, 0.25) is 0 Å². The Morgan fingerprint density at radius 2 is 1.71 bits per heavy atom. The molecule has 13 heteroatoms. The van der Waals surface area contributed by atoms with Crippen LogP contribution < -0.4 is 9.46 Å². The molecular weight excluding hydrogens is 585 g/mol. The van der Waals surface area contributed by atoms with Crippen molar-refractivity contribution >= 4 is 31.6 Å². The standard InChI is InChI=1S/C29H34FN3O7S2/c1-20-17-33(21(2)19-34)29(35)16-22-15-24(31-41(36,37)25-7-5-4-6-8-25)11-14-27(22)40-28(20)18-32(3)42(38,39)26-12-9-23(30)10-13-26/h4-15,20-21,28,31,34H,16-19H2,1-3H3/t20-,21-,28+/m0/s1. The molecule has 0 unspecified atom stereocenters. The number of hydrogen-bond donors (Lipinski definition) is 2. The maximum absolute atomic E-state index is 13.4. The highest BCUT2D eigenvalue weighted by molar-refractivity contribution is 7.92. The Bertz CT molecular complexity index is 1620. The Labute approximate surface area is 245 Å². The zero-order valence-corrected chi connectivity index (χ0v) is 25.1. The summed E-state index contributed by atoms with van der Waals surface area (Å²) in [6.45, 7) is 3.32. The van der Waals surface area contributed by atoms with Crippen molar-refractivity contribution in [2.24, 2.45) is 5.92 Å². The second kappa shape index (κ2) is 12.8. The number of anilines is 1.